The summed E-state index contributed by atoms with van der Waals surface area (Å²) in [6, 6.07) is 15.4. The molecule has 5 rings (SSSR count). The lowest BCUT2D eigenvalue weighted by atomic mass is 9.70. The third-order valence-electron chi connectivity index (χ3n) is 10.3. The molecule has 0 saturated heterocycles. The molecule has 10 heteroatoms. The van der Waals surface area contributed by atoms with Crippen molar-refractivity contribution in [3.63, 3.8) is 0 Å². The van der Waals surface area contributed by atoms with E-state index in [2.05, 4.69) is 41.7 Å². The van der Waals surface area contributed by atoms with Crippen molar-refractivity contribution in [3.05, 3.63) is 71.9 Å². The summed E-state index contributed by atoms with van der Waals surface area (Å²) in [4.78, 5) is 53.8. The van der Waals surface area contributed by atoms with Gasteiger partial charge in [-0.25, -0.2) is 4.79 Å². The highest BCUT2D eigenvalue weighted by molar-refractivity contribution is 5.88. The Morgan fingerprint density at radius 2 is 1.73 bits per heavy atom. The average Bonchev–Trinajstić information content (AvgIpc) is 3.57. The van der Waals surface area contributed by atoms with Gasteiger partial charge in [-0.3, -0.25) is 14.4 Å². The van der Waals surface area contributed by atoms with Crippen molar-refractivity contribution >= 4 is 34.8 Å². The maximum Gasteiger partial charge on any atom is 0.408 e. The van der Waals surface area contributed by atoms with E-state index >= 15 is 0 Å². The normalized spacial score (nSPS) is 23.1. The fourth-order valence-corrected chi connectivity index (χ4v) is 7.09. The van der Waals surface area contributed by atoms with Gasteiger partial charge in [-0.05, 0) is 47.8 Å². The monoisotopic (exact) mass is 602 g/mol. The lowest BCUT2D eigenvalue weighted by Crippen LogP contribution is -2.51. The molecule has 3 amide bonds. The number of carboxylic acids is 1. The van der Waals surface area contributed by atoms with E-state index in [1.54, 1.807) is 0 Å². The van der Waals surface area contributed by atoms with Crippen LogP contribution in [0.5, 0.6) is 0 Å². The van der Waals surface area contributed by atoms with Crippen molar-refractivity contribution in [3.8, 4) is 0 Å². The molecule has 2 fully saturated rings. The smallest absolute Gasteiger partial charge is 0.408 e. The summed E-state index contributed by atoms with van der Waals surface area (Å²) in [6.45, 7) is 6.74. The fourth-order valence-electron chi connectivity index (χ4n) is 7.09. The molecule has 0 spiro atoms. The number of carboxylic acid groups (broad SMARTS) is 1. The van der Waals surface area contributed by atoms with Gasteiger partial charge in [-0.15, -0.1) is 0 Å². The molecular weight excluding hydrogens is 560 g/mol. The maximum atomic E-state index is 13.7. The summed E-state index contributed by atoms with van der Waals surface area (Å²) in [7, 11) is 0. The van der Waals surface area contributed by atoms with Crippen LogP contribution in [0.25, 0.3) is 10.9 Å². The van der Waals surface area contributed by atoms with E-state index in [0.29, 0.717) is 5.92 Å². The van der Waals surface area contributed by atoms with Crippen LogP contribution in [0, 0.1) is 16.7 Å². The standard InChI is InChI=1S/C34H42N4O6/c1-33(2)23-15-16-34(33,3)28(18-23)44-32(43)38-26(17-22-19-35-25-12-8-7-11-24(22)25)31(42)36-20-27(21-9-5-4-6-10-21)37-29(39)13-14-30(40)41/h4-12,19,23,26-28,35H,13-18,20H2,1-3H3,(H,36,42)(H,37,39)(H,38,43)(H,40,41)/t23?,26-,27-,28-,34?/m0/s1. The quantitative estimate of drug-likeness (QED) is 0.200. The van der Waals surface area contributed by atoms with Crippen molar-refractivity contribution in [1.29, 1.82) is 0 Å². The largest absolute Gasteiger partial charge is 0.481 e. The number of aromatic amines is 1. The van der Waals surface area contributed by atoms with Gasteiger partial charge in [0.2, 0.25) is 11.8 Å². The third kappa shape index (κ3) is 6.44. The number of amides is 3. The number of benzene rings is 2. The average molecular weight is 603 g/mol. The number of rotatable bonds is 12. The molecule has 0 radical (unpaired) electrons. The molecule has 1 heterocycles. The number of carbonyl (C=O) groups excluding carboxylic acids is 3. The number of aromatic nitrogens is 1. The number of alkyl carbamates (subject to hydrolysis) is 1. The molecule has 3 aromatic rings. The Hall–Kier alpha value is -4.34. The van der Waals surface area contributed by atoms with E-state index < -0.39 is 36.0 Å². The van der Waals surface area contributed by atoms with Crippen molar-refractivity contribution in [2.45, 2.75) is 77.5 Å². The molecule has 2 bridgehead atoms. The number of fused-ring (bicyclic) bond motifs is 3. The zero-order valence-electron chi connectivity index (χ0n) is 25.5. The highest BCUT2D eigenvalue weighted by Crippen LogP contribution is 2.66. The minimum Gasteiger partial charge on any atom is -0.481 e. The molecule has 234 valence electrons. The van der Waals surface area contributed by atoms with E-state index in [4.69, 9.17) is 9.84 Å². The predicted molar refractivity (Wildman–Crippen MR) is 166 cm³/mol. The van der Waals surface area contributed by atoms with E-state index in [1.165, 1.54) is 0 Å². The molecule has 2 aromatic carbocycles. The summed E-state index contributed by atoms with van der Waals surface area (Å²) in [5, 5.41) is 18.5. The van der Waals surface area contributed by atoms with Gasteiger partial charge >= 0.3 is 12.1 Å². The Bertz CT molecular complexity index is 1520. The lowest BCUT2D eigenvalue weighted by molar-refractivity contribution is -0.138. The number of H-pyrrole nitrogens is 1. The Kier molecular flexibility index (Phi) is 8.99. The van der Waals surface area contributed by atoms with Crippen molar-refractivity contribution in [1.82, 2.24) is 20.9 Å². The van der Waals surface area contributed by atoms with Crippen LogP contribution in [-0.2, 0) is 25.5 Å². The first kappa shape index (κ1) is 31.1. The minimum atomic E-state index is -1.06. The lowest BCUT2D eigenvalue weighted by Gasteiger charge is -2.38. The predicted octanol–water partition coefficient (Wildman–Crippen LogP) is 4.86. The molecule has 1 aromatic heterocycles. The van der Waals surface area contributed by atoms with Gasteiger partial charge in [-0.2, -0.15) is 0 Å². The molecule has 5 N–H and O–H groups in total. The van der Waals surface area contributed by atoms with Crippen LogP contribution in [0.4, 0.5) is 4.79 Å². The molecule has 2 unspecified atom stereocenters. The van der Waals surface area contributed by atoms with Crippen LogP contribution in [-0.4, -0.2) is 52.7 Å². The van der Waals surface area contributed by atoms with Crippen molar-refractivity contribution in [2.75, 3.05) is 6.54 Å². The Labute approximate surface area is 257 Å². The van der Waals surface area contributed by atoms with Crippen molar-refractivity contribution in [2.24, 2.45) is 16.7 Å². The zero-order valence-corrected chi connectivity index (χ0v) is 25.5. The van der Waals surface area contributed by atoms with E-state index in [0.717, 1.165) is 41.3 Å². The summed E-state index contributed by atoms with van der Waals surface area (Å²) < 4.78 is 6.02. The van der Waals surface area contributed by atoms with Crippen LogP contribution in [0.3, 0.4) is 0 Å². The fraction of sp³-hybridized carbons (Fsp3) is 0.471. The molecule has 2 saturated carbocycles. The number of para-hydroxylation sites is 1. The summed E-state index contributed by atoms with van der Waals surface area (Å²) in [6.07, 6.45) is 3.69. The van der Waals surface area contributed by atoms with Gasteiger partial charge in [0.15, 0.2) is 0 Å². The molecular formula is C34H42N4O6. The molecule has 44 heavy (non-hydrogen) atoms. The first-order valence-corrected chi connectivity index (χ1v) is 15.3. The third-order valence-corrected chi connectivity index (χ3v) is 10.3. The molecule has 2 aliphatic carbocycles. The first-order valence-electron chi connectivity index (χ1n) is 15.3. The highest BCUT2D eigenvalue weighted by Gasteiger charge is 2.63. The van der Waals surface area contributed by atoms with Crippen LogP contribution >= 0.6 is 0 Å². The number of hydrogen-bond donors (Lipinski definition) is 5. The van der Waals surface area contributed by atoms with Gasteiger partial charge in [0.1, 0.15) is 12.1 Å². The number of aliphatic carboxylic acids is 1. The highest BCUT2D eigenvalue weighted by atomic mass is 16.6. The van der Waals surface area contributed by atoms with Crippen LogP contribution in [0.2, 0.25) is 0 Å². The summed E-state index contributed by atoms with van der Waals surface area (Å²) in [5.41, 5.74) is 2.50. The topological polar surface area (TPSA) is 150 Å². The van der Waals surface area contributed by atoms with Crippen LogP contribution in [0.1, 0.15) is 70.0 Å². The van der Waals surface area contributed by atoms with Gasteiger partial charge < -0.3 is 30.8 Å². The number of nitrogens with one attached hydrogen (secondary N) is 4. The Morgan fingerprint density at radius 1 is 1.00 bits per heavy atom. The second-order valence-corrected chi connectivity index (χ2v) is 12.9. The first-order chi connectivity index (χ1) is 21.0. The Balaban J connectivity index is 1.31. The van der Waals surface area contributed by atoms with Gasteiger partial charge in [0.25, 0.3) is 0 Å². The Morgan fingerprint density at radius 3 is 2.41 bits per heavy atom. The second kappa shape index (κ2) is 12.7. The molecule has 10 nitrogen and oxygen atoms in total. The van der Waals surface area contributed by atoms with Crippen molar-refractivity contribution < 1.29 is 29.0 Å². The molecule has 5 atom stereocenters. The minimum absolute atomic E-state index is 0.0410. The van der Waals surface area contributed by atoms with Gasteiger partial charge in [0.05, 0.1) is 12.5 Å². The molecule has 2 aliphatic rings. The maximum absolute atomic E-state index is 13.7. The molecule has 0 aliphatic heterocycles. The zero-order chi connectivity index (χ0) is 31.5. The summed E-state index contributed by atoms with van der Waals surface area (Å²) >= 11 is 0. The number of hydrogen-bond acceptors (Lipinski definition) is 5. The van der Waals surface area contributed by atoms with E-state index in [1.807, 2.05) is 60.8 Å². The van der Waals surface area contributed by atoms with Crippen LogP contribution < -0.4 is 16.0 Å². The SMILES string of the molecule is CC1(C)C2CCC1(C)[C@@H](OC(=O)N[C@@H](Cc1c[nH]c3ccccc13)C(=O)NC[C@H](NC(=O)CCC(=O)O)c1ccccc1)C2. The van der Waals surface area contributed by atoms with Gasteiger partial charge in [-0.1, -0.05) is 69.3 Å². The van der Waals surface area contributed by atoms with Crippen LogP contribution in [0.15, 0.2) is 60.8 Å². The second-order valence-electron chi connectivity index (χ2n) is 12.9. The number of ether oxygens (including phenoxy) is 1. The van der Waals surface area contributed by atoms with Gasteiger partial charge in [0, 0.05) is 41.9 Å². The number of carbonyl (C=O) groups is 4. The summed E-state index contributed by atoms with van der Waals surface area (Å²) in [5.74, 6) is -1.43. The van der Waals surface area contributed by atoms with E-state index in [9.17, 15) is 19.2 Å². The van der Waals surface area contributed by atoms with E-state index in [-0.39, 0.29) is 42.7 Å².